The lowest BCUT2D eigenvalue weighted by Crippen LogP contribution is -2.05. The molecule has 1 aliphatic heterocycles. The van der Waals surface area contributed by atoms with Crippen molar-refractivity contribution in [1.82, 2.24) is 9.78 Å². The van der Waals surface area contributed by atoms with E-state index in [9.17, 15) is 4.79 Å². The summed E-state index contributed by atoms with van der Waals surface area (Å²) in [6.07, 6.45) is 1.56. The van der Waals surface area contributed by atoms with Gasteiger partial charge in [-0.2, -0.15) is 5.10 Å². The third-order valence-corrected chi connectivity index (χ3v) is 5.02. The summed E-state index contributed by atoms with van der Waals surface area (Å²) in [7, 11) is 0. The minimum Gasteiger partial charge on any atom is -0.402 e. The first-order chi connectivity index (χ1) is 13.4. The van der Waals surface area contributed by atoms with Crippen molar-refractivity contribution in [3.05, 3.63) is 86.2 Å². The van der Waals surface area contributed by atoms with E-state index in [4.69, 9.17) is 39.5 Å². The summed E-state index contributed by atoms with van der Waals surface area (Å²) in [5, 5.41) is 5.64. The van der Waals surface area contributed by atoms with E-state index in [2.05, 4.69) is 10.1 Å². The first-order valence-corrected chi connectivity index (χ1v) is 9.36. The number of carbonyl (C=O) groups is 1. The van der Waals surface area contributed by atoms with E-state index >= 15 is 0 Å². The number of hydrogen-bond acceptors (Lipinski definition) is 4. The molecule has 1 aliphatic rings. The van der Waals surface area contributed by atoms with E-state index in [1.54, 1.807) is 35.9 Å². The number of benzene rings is 2. The average Bonchev–Trinajstić information content (AvgIpc) is 3.17. The Kier molecular flexibility index (Phi) is 4.98. The number of hydrogen-bond donors (Lipinski definition) is 0. The van der Waals surface area contributed by atoms with Gasteiger partial charge in [0, 0.05) is 10.6 Å². The molecule has 0 unspecified atom stereocenters. The summed E-state index contributed by atoms with van der Waals surface area (Å²) < 4.78 is 6.87. The monoisotopic (exact) mass is 431 g/mol. The number of para-hydroxylation sites is 1. The zero-order chi connectivity index (χ0) is 19.8. The van der Waals surface area contributed by atoms with E-state index in [1.165, 1.54) is 0 Å². The van der Waals surface area contributed by atoms with Gasteiger partial charge in [-0.1, -0.05) is 53.0 Å². The van der Waals surface area contributed by atoms with Gasteiger partial charge in [0.1, 0.15) is 5.15 Å². The maximum absolute atomic E-state index is 12.3. The predicted octanol–water partition coefficient (Wildman–Crippen LogP) is 5.49. The summed E-state index contributed by atoms with van der Waals surface area (Å²) in [6.45, 7) is 1.80. The molecule has 1 aromatic heterocycles. The fourth-order valence-corrected chi connectivity index (χ4v) is 3.56. The highest BCUT2D eigenvalue weighted by atomic mass is 35.5. The Balaban J connectivity index is 1.74. The lowest BCUT2D eigenvalue weighted by Gasteiger charge is -2.02. The molecule has 0 spiro atoms. The highest BCUT2D eigenvalue weighted by Gasteiger charge is 2.27. The van der Waals surface area contributed by atoms with Crippen molar-refractivity contribution in [2.45, 2.75) is 6.92 Å². The van der Waals surface area contributed by atoms with Crippen molar-refractivity contribution in [2.24, 2.45) is 4.99 Å². The van der Waals surface area contributed by atoms with Crippen LogP contribution in [0.5, 0.6) is 0 Å². The summed E-state index contributed by atoms with van der Waals surface area (Å²) >= 11 is 18.6. The molecule has 8 heteroatoms. The Labute approximate surface area is 175 Å². The van der Waals surface area contributed by atoms with Gasteiger partial charge < -0.3 is 4.74 Å². The van der Waals surface area contributed by atoms with Crippen molar-refractivity contribution in [1.29, 1.82) is 0 Å². The Hall–Kier alpha value is -2.60. The molecule has 0 fully saturated rings. The zero-order valence-electron chi connectivity index (χ0n) is 14.5. The minimum absolute atomic E-state index is 0.110. The van der Waals surface area contributed by atoms with E-state index in [-0.39, 0.29) is 11.6 Å². The number of aliphatic imine (C=N–C) groups is 1. The third-order valence-electron chi connectivity index (χ3n) is 4.11. The molecule has 0 amide bonds. The van der Waals surface area contributed by atoms with Crippen LogP contribution in [0.3, 0.4) is 0 Å². The van der Waals surface area contributed by atoms with Gasteiger partial charge in [-0.15, -0.1) is 0 Å². The maximum Gasteiger partial charge on any atom is 0.363 e. The Morgan fingerprint density at radius 3 is 2.54 bits per heavy atom. The Bertz CT molecular complexity index is 1150. The first kappa shape index (κ1) is 18.7. The van der Waals surface area contributed by atoms with Crippen LogP contribution in [0.4, 0.5) is 0 Å². The number of ether oxygens (including phenoxy) is 1. The van der Waals surface area contributed by atoms with Crippen molar-refractivity contribution in [2.75, 3.05) is 0 Å². The van der Waals surface area contributed by atoms with Gasteiger partial charge in [-0.3, -0.25) is 0 Å². The Morgan fingerprint density at radius 2 is 1.82 bits per heavy atom. The fraction of sp³-hybridized carbons (Fsp3) is 0.0500. The molecule has 0 radical (unpaired) electrons. The normalized spacial score (nSPS) is 15.1. The van der Waals surface area contributed by atoms with Gasteiger partial charge in [0.15, 0.2) is 5.70 Å². The number of aryl methyl sites for hydroxylation is 1. The summed E-state index contributed by atoms with van der Waals surface area (Å²) in [5.74, 6) is -0.480. The molecule has 0 bridgehead atoms. The van der Waals surface area contributed by atoms with Gasteiger partial charge >= 0.3 is 5.97 Å². The smallest absolute Gasteiger partial charge is 0.363 e. The van der Waals surface area contributed by atoms with Crippen molar-refractivity contribution < 1.29 is 9.53 Å². The Morgan fingerprint density at radius 1 is 1.07 bits per heavy atom. The second-order valence-electron chi connectivity index (χ2n) is 6.00. The standard InChI is InChI=1S/C20H12Cl3N3O2/c1-11-15(18(23)26(25-11)13-5-3-2-4-6-13)10-17-20(27)28-19(24-17)14-8-7-12(21)9-16(14)22/h2-10H,1H3. The number of nitrogens with zero attached hydrogens (tertiary/aromatic N) is 3. The van der Waals surface area contributed by atoms with E-state index in [1.807, 2.05) is 30.3 Å². The zero-order valence-corrected chi connectivity index (χ0v) is 16.8. The van der Waals surface area contributed by atoms with Crippen molar-refractivity contribution >= 4 is 52.7 Å². The molecule has 28 heavy (non-hydrogen) atoms. The topological polar surface area (TPSA) is 56.5 Å². The number of halogens is 3. The van der Waals surface area contributed by atoms with E-state index < -0.39 is 5.97 Å². The second kappa shape index (κ2) is 7.43. The highest BCUT2D eigenvalue weighted by molar-refractivity contribution is 6.37. The average molecular weight is 433 g/mol. The summed E-state index contributed by atoms with van der Waals surface area (Å²) in [6, 6.07) is 14.3. The molecule has 0 N–H and O–H groups in total. The molecular formula is C20H12Cl3N3O2. The molecule has 0 aliphatic carbocycles. The van der Waals surface area contributed by atoms with Gasteiger partial charge in [-0.25, -0.2) is 14.5 Å². The molecule has 5 nitrogen and oxygen atoms in total. The minimum atomic E-state index is -0.594. The molecule has 4 rings (SSSR count). The van der Waals surface area contributed by atoms with Crippen molar-refractivity contribution in [3.8, 4) is 5.69 Å². The summed E-state index contributed by atoms with van der Waals surface area (Å²) in [5.41, 5.74) is 2.64. The molecular weight excluding hydrogens is 421 g/mol. The molecule has 3 aromatic rings. The van der Waals surface area contributed by atoms with Crippen LogP contribution in [0, 0.1) is 6.92 Å². The maximum atomic E-state index is 12.3. The first-order valence-electron chi connectivity index (χ1n) is 8.22. The quantitative estimate of drug-likeness (QED) is 0.406. The number of cyclic esters (lactones) is 1. The van der Waals surface area contributed by atoms with Crippen LogP contribution in [0.25, 0.3) is 11.8 Å². The van der Waals surface area contributed by atoms with E-state index in [0.29, 0.717) is 32.0 Å². The SMILES string of the molecule is Cc1nn(-c2ccccc2)c(Cl)c1C=C1N=C(c2ccc(Cl)cc2Cl)OC1=O. The number of aromatic nitrogens is 2. The van der Waals surface area contributed by atoms with Crippen LogP contribution in [0.1, 0.15) is 16.8 Å². The predicted molar refractivity (Wildman–Crippen MR) is 110 cm³/mol. The fourth-order valence-electron chi connectivity index (χ4n) is 2.74. The molecule has 140 valence electrons. The van der Waals surface area contributed by atoms with Gasteiger partial charge in [0.25, 0.3) is 0 Å². The molecule has 0 atom stereocenters. The van der Waals surface area contributed by atoms with Crippen LogP contribution in [-0.2, 0) is 9.53 Å². The molecule has 2 aromatic carbocycles. The van der Waals surface area contributed by atoms with Gasteiger partial charge in [-0.05, 0) is 43.3 Å². The molecule has 0 saturated heterocycles. The number of rotatable bonds is 3. The molecule has 0 saturated carbocycles. The highest BCUT2D eigenvalue weighted by Crippen LogP contribution is 2.29. The van der Waals surface area contributed by atoms with Crippen molar-refractivity contribution in [3.63, 3.8) is 0 Å². The van der Waals surface area contributed by atoms with E-state index in [0.717, 1.165) is 5.69 Å². The van der Waals surface area contributed by atoms with Crippen LogP contribution in [-0.4, -0.2) is 21.6 Å². The third kappa shape index (κ3) is 3.44. The van der Waals surface area contributed by atoms with Crippen LogP contribution in [0.2, 0.25) is 15.2 Å². The van der Waals surface area contributed by atoms with Crippen LogP contribution in [0.15, 0.2) is 59.2 Å². The number of esters is 1. The van der Waals surface area contributed by atoms with Gasteiger partial charge in [0.2, 0.25) is 5.90 Å². The lowest BCUT2D eigenvalue weighted by molar-refractivity contribution is -0.129. The van der Waals surface area contributed by atoms with Crippen LogP contribution < -0.4 is 0 Å². The van der Waals surface area contributed by atoms with Gasteiger partial charge in [0.05, 0.1) is 22.0 Å². The second-order valence-corrected chi connectivity index (χ2v) is 7.20. The summed E-state index contributed by atoms with van der Waals surface area (Å²) in [4.78, 5) is 16.6. The number of carbonyl (C=O) groups excluding carboxylic acids is 1. The van der Waals surface area contributed by atoms with Crippen LogP contribution >= 0.6 is 34.8 Å². The largest absolute Gasteiger partial charge is 0.402 e. The lowest BCUT2D eigenvalue weighted by atomic mass is 10.2. The molecule has 2 heterocycles.